The molecule has 0 aliphatic carbocycles. The molecule has 28 heavy (non-hydrogen) atoms. The predicted octanol–water partition coefficient (Wildman–Crippen LogP) is 0.867. The van der Waals surface area contributed by atoms with Crippen molar-refractivity contribution in [2.45, 2.75) is 17.7 Å². The Morgan fingerprint density at radius 3 is 2.75 bits per heavy atom. The topological polar surface area (TPSA) is 97.0 Å². The Morgan fingerprint density at radius 1 is 1.36 bits per heavy atom. The SMILES string of the molecule is COc1ccc(C(=O)NCCC2CCNC2)cc1S(=O)(=O)N1CCOCC1.Cl. The van der Waals surface area contributed by atoms with Crippen molar-refractivity contribution in [2.24, 2.45) is 5.92 Å². The highest BCUT2D eigenvalue weighted by Gasteiger charge is 2.30. The number of benzene rings is 1. The summed E-state index contributed by atoms with van der Waals surface area (Å²) < 4.78 is 37.8. The maximum Gasteiger partial charge on any atom is 0.251 e. The van der Waals surface area contributed by atoms with Crippen molar-refractivity contribution < 1.29 is 22.7 Å². The Balaban J connectivity index is 0.00000280. The highest BCUT2D eigenvalue weighted by Crippen LogP contribution is 2.28. The first-order valence-corrected chi connectivity index (χ1v) is 10.7. The van der Waals surface area contributed by atoms with Crippen molar-refractivity contribution in [3.05, 3.63) is 23.8 Å². The first-order chi connectivity index (χ1) is 13.0. The van der Waals surface area contributed by atoms with Crippen LogP contribution in [0.4, 0.5) is 0 Å². The number of sulfonamides is 1. The highest BCUT2D eigenvalue weighted by molar-refractivity contribution is 7.89. The maximum absolute atomic E-state index is 13.0. The number of halogens is 1. The summed E-state index contributed by atoms with van der Waals surface area (Å²) in [7, 11) is -2.33. The van der Waals surface area contributed by atoms with Crippen molar-refractivity contribution in [3.8, 4) is 5.75 Å². The number of nitrogens with zero attached hydrogens (tertiary/aromatic N) is 1. The molecule has 2 fully saturated rings. The third-order valence-corrected chi connectivity index (χ3v) is 6.93. The normalized spacial score (nSPS) is 20.4. The number of nitrogens with one attached hydrogen (secondary N) is 2. The third kappa shape index (κ3) is 5.36. The van der Waals surface area contributed by atoms with Crippen LogP contribution in [0, 0.1) is 5.92 Å². The van der Waals surface area contributed by atoms with Gasteiger partial charge in [0.05, 0.1) is 20.3 Å². The molecule has 1 unspecified atom stereocenters. The number of hydrogen-bond donors (Lipinski definition) is 2. The monoisotopic (exact) mass is 433 g/mol. The van der Waals surface area contributed by atoms with Crippen LogP contribution < -0.4 is 15.4 Å². The first-order valence-electron chi connectivity index (χ1n) is 9.27. The summed E-state index contributed by atoms with van der Waals surface area (Å²) in [6.45, 7) is 3.88. The fourth-order valence-corrected chi connectivity index (χ4v) is 4.99. The molecule has 3 rings (SSSR count). The lowest BCUT2D eigenvalue weighted by atomic mass is 10.1. The molecule has 2 aliphatic heterocycles. The minimum Gasteiger partial charge on any atom is -0.495 e. The van der Waals surface area contributed by atoms with Gasteiger partial charge in [-0.15, -0.1) is 12.4 Å². The summed E-state index contributed by atoms with van der Waals surface area (Å²) in [6, 6.07) is 4.52. The summed E-state index contributed by atoms with van der Waals surface area (Å²) in [6.07, 6.45) is 2.04. The van der Waals surface area contributed by atoms with Crippen LogP contribution in [0.2, 0.25) is 0 Å². The number of carbonyl (C=O) groups excluding carboxylic acids is 1. The third-order valence-electron chi connectivity index (χ3n) is 5.01. The van der Waals surface area contributed by atoms with Crippen molar-refractivity contribution in [3.63, 3.8) is 0 Å². The van der Waals surface area contributed by atoms with Crippen LogP contribution in [0.1, 0.15) is 23.2 Å². The van der Waals surface area contributed by atoms with Crippen molar-refractivity contribution in [2.75, 3.05) is 53.0 Å². The van der Waals surface area contributed by atoms with Crippen LogP contribution in [0.25, 0.3) is 0 Å². The molecule has 2 heterocycles. The summed E-state index contributed by atoms with van der Waals surface area (Å²) in [5.74, 6) is 0.538. The standard InChI is InChI=1S/C18H27N3O5S.ClH/c1-25-16-3-2-15(18(22)20-7-5-14-4-6-19-13-14)12-17(16)27(23,24)21-8-10-26-11-9-21;/h2-3,12,14,19H,4-11,13H2,1H3,(H,20,22);1H. The Morgan fingerprint density at radius 2 is 2.11 bits per heavy atom. The molecule has 0 radical (unpaired) electrons. The van der Waals surface area contributed by atoms with E-state index < -0.39 is 10.0 Å². The Labute approximate surface area is 172 Å². The maximum atomic E-state index is 13.0. The Hall–Kier alpha value is -1.39. The highest BCUT2D eigenvalue weighted by atomic mass is 35.5. The van der Waals surface area contributed by atoms with Crippen LogP contribution in [0.5, 0.6) is 5.75 Å². The molecule has 1 atom stereocenters. The largest absolute Gasteiger partial charge is 0.495 e. The average molecular weight is 434 g/mol. The molecule has 2 N–H and O–H groups in total. The number of ether oxygens (including phenoxy) is 2. The zero-order valence-electron chi connectivity index (χ0n) is 16.0. The molecule has 1 aromatic rings. The van der Waals surface area contributed by atoms with Gasteiger partial charge in [0.2, 0.25) is 10.0 Å². The summed E-state index contributed by atoms with van der Waals surface area (Å²) in [4.78, 5) is 12.5. The van der Waals surface area contributed by atoms with Gasteiger partial charge >= 0.3 is 0 Å². The van der Waals surface area contributed by atoms with E-state index >= 15 is 0 Å². The van der Waals surface area contributed by atoms with Gasteiger partial charge in [0.15, 0.2) is 0 Å². The number of methoxy groups -OCH3 is 1. The number of carbonyl (C=O) groups is 1. The van der Waals surface area contributed by atoms with Gasteiger partial charge in [-0.25, -0.2) is 8.42 Å². The van der Waals surface area contributed by atoms with E-state index in [0.29, 0.717) is 31.2 Å². The number of amides is 1. The van der Waals surface area contributed by atoms with Crippen LogP contribution in [-0.4, -0.2) is 71.7 Å². The lowest BCUT2D eigenvalue weighted by molar-refractivity contribution is 0.0729. The minimum absolute atomic E-state index is 0. The quantitative estimate of drug-likeness (QED) is 0.662. The zero-order valence-corrected chi connectivity index (χ0v) is 17.6. The minimum atomic E-state index is -3.75. The average Bonchev–Trinajstić information content (AvgIpc) is 3.21. The molecular formula is C18H28ClN3O5S. The van der Waals surface area contributed by atoms with E-state index in [0.717, 1.165) is 25.9 Å². The first kappa shape index (κ1) is 22.9. The second-order valence-corrected chi connectivity index (χ2v) is 8.69. The van der Waals surface area contributed by atoms with Gasteiger partial charge in [0, 0.05) is 25.2 Å². The van der Waals surface area contributed by atoms with Crippen LogP contribution in [-0.2, 0) is 14.8 Å². The van der Waals surface area contributed by atoms with Gasteiger partial charge < -0.3 is 20.1 Å². The van der Waals surface area contributed by atoms with E-state index in [1.807, 2.05) is 0 Å². The van der Waals surface area contributed by atoms with E-state index in [1.54, 1.807) is 6.07 Å². The summed E-state index contributed by atoms with van der Waals surface area (Å²) >= 11 is 0. The van der Waals surface area contributed by atoms with Crippen molar-refractivity contribution in [1.29, 1.82) is 0 Å². The summed E-state index contributed by atoms with van der Waals surface area (Å²) in [5.41, 5.74) is 0.312. The molecule has 158 valence electrons. The molecule has 0 bridgehead atoms. The van der Waals surface area contributed by atoms with Gasteiger partial charge in [-0.1, -0.05) is 0 Å². The van der Waals surface area contributed by atoms with Gasteiger partial charge in [-0.05, 0) is 50.0 Å². The molecule has 2 aliphatic rings. The fourth-order valence-electron chi connectivity index (χ4n) is 3.40. The molecule has 1 aromatic carbocycles. The van der Waals surface area contributed by atoms with E-state index in [9.17, 15) is 13.2 Å². The van der Waals surface area contributed by atoms with Crippen molar-refractivity contribution in [1.82, 2.24) is 14.9 Å². The number of morpholine rings is 1. The smallest absolute Gasteiger partial charge is 0.251 e. The van der Waals surface area contributed by atoms with E-state index in [2.05, 4.69) is 10.6 Å². The molecule has 0 saturated carbocycles. The predicted molar refractivity (Wildman–Crippen MR) is 108 cm³/mol. The van der Waals surface area contributed by atoms with Crippen LogP contribution in [0.15, 0.2) is 23.1 Å². The van der Waals surface area contributed by atoms with E-state index in [4.69, 9.17) is 9.47 Å². The second-order valence-electron chi connectivity index (χ2n) is 6.79. The lowest BCUT2D eigenvalue weighted by Gasteiger charge is -2.26. The van der Waals surface area contributed by atoms with Gasteiger partial charge in [0.1, 0.15) is 10.6 Å². The van der Waals surface area contributed by atoms with Crippen LogP contribution in [0.3, 0.4) is 0 Å². The molecular weight excluding hydrogens is 406 g/mol. The zero-order chi connectivity index (χ0) is 19.3. The molecule has 0 aromatic heterocycles. The molecule has 8 nitrogen and oxygen atoms in total. The molecule has 0 spiro atoms. The molecule has 2 saturated heterocycles. The van der Waals surface area contributed by atoms with Gasteiger partial charge in [-0.2, -0.15) is 4.31 Å². The molecule has 10 heteroatoms. The lowest BCUT2D eigenvalue weighted by Crippen LogP contribution is -2.40. The second kappa shape index (κ2) is 10.4. The Bertz CT molecular complexity index is 762. The fraction of sp³-hybridized carbons (Fsp3) is 0.611. The van der Waals surface area contributed by atoms with Crippen LogP contribution >= 0.6 is 12.4 Å². The summed E-state index contributed by atoms with van der Waals surface area (Å²) in [5, 5.41) is 6.19. The molecule has 1 amide bonds. The number of rotatable bonds is 7. The van der Waals surface area contributed by atoms with Gasteiger partial charge in [-0.3, -0.25) is 4.79 Å². The van der Waals surface area contributed by atoms with Crippen molar-refractivity contribution >= 4 is 28.3 Å². The number of hydrogen-bond acceptors (Lipinski definition) is 6. The van der Waals surface area contributed by atoms with Gasteiger partial charge in [0.25, 0.3) is 5.91 Å². The Kier molecular flexibility index (Phi) is 8.51. The van der Waals surface area contributed by atoms with E-state index in [-0.39, 0.29) is 42.0 Å². The van der Waals surface area contributed by atoms with E-state index in [1.165, 1.54) is 23.5 Å².